The summed E-state index contributed by atoms with van der Waals surface area (Å²) >= 11 is 0. The Morgan fingerprint density at radius 2 is 1.65 bits per heavy atom. The van der Waals surface area contributed by atoms with Crippen LogP contribution in [0.25, 0.3) is 16.8 Å². The SMILES string of the molecule is CCCCc1nc(C)n(-c2ccccc2C)c(=O)c1Cc1ccc(-c2ccccc2C#N)cc1. The van der Waals surface area contributed by atoms with Crippen molar-refractivity contribution >= 4 is 0 Å². The number of nitriles is 1. The maximum atomic E-state index is 13.8. The van der Waals surface area contributed by atoms with Crippen molar-refractivity contribution in [1.29, 1.82) is 5.26 Å². The van der Waals surface area contributed by atoms with Crippen molar-refractivity contribution in [3.05, 3.63) is 117 Å². The quantitative estimate of drug-likeness (QED) is 0.333. The van der Waals surface area contributed by atoms with Crippen molar-refractivity contribution in [2.24, 2.45) is 0 Å². The van der Waals surface area contributed by atoms with Gasteiger partial charge in [0.05, 0.1) is 23.0 Å². The number of aromatic nitrogens is 2. The molecule has 4 nitrogen and oxygen atoms in total. The second-order valence-corrected chi connectivity index (χ2v) is 8.65. The second-order valence-electron chi connectivity index (χ2n) is 8.65. The van der Waals surface area contributed by atoms with E-state index in [1.54, 1.807) is 4.57 Å². The highest BCUT2D eigenvalue weighted by molar-refractivity contribution is 5.70. The van der Waals surface area contributed by atoms with Crippen LogP contribution in [-0.2, 0) is 12.8 Å². The zero-order valence-electron chi connectivity index (χ0n) is 20.0. The first kappa shape index (κ1) is 23.2. The van der Waals surface area contributed by atoms with Gasteiger partial charge in [0.2, 0.25) is 0 Å². The average molecular weight is 448 g/mol. The van der Waals surface area contributed by atoms with Gasteiger partial charge in [-0.25, -0.2) is 4.98 Å². The van der Waals surface area contributed by atoms with Crippen LogP contribution in [0.4, 0.5) is 0 Å². The highest BCUT2D eigenvalue weighted by Gasteiger charge is 2.17. The molecule has 1 aromatic heterocycles. The Hall–Kier alpha value is -3.97. The zero-order valence-corrected chi connectivity index (χ0v) is 20.0. The van der Waals surface area contributed by atoms with Gasteiger partial charge in [0.15, 0.2) is 0 Å². The molecule has 0 aliphatic rings. The fraction of sp³-hybridized carbons (Fsp3) is 0.233. The van der Waals surface area contributed by atoms with Crippen molar-refractivity contribution in [3.63, 3.8) is 0 Å². The summed E-state index contributed by atoms with van der Waals surface area (Å²) in [6.45, 7) is 6.08. The lowest BCUT2D eigenvalue weighted by atomic mass is 9.96. The van der Waals surface area contributed by atoms with Crippen molar-refractivity contribution in [2.75, 3.05) is 0 Å². The van der Waals surface area contributed by atoms with E-state index in [2.05, 4.69) is 13.0 Å². The molecule has 170 valence electrons. The molecule has 0 unspecified atom stereocenters. The van der Waals surface area contributed by atoms with Crippen LogP contribution in [0.3, 0.4) is 0 Å². The number of benzene rings is 3. The lowest BCUT2D eigenvalue weighted by molar-refractivity contribution is 0.733. The Bertz CT molecular complexity index is 1410. The molecular weight excluding hydrogens is 418 g/mol. The monoisotopic (exact) mass is 447 g/mol. The smallest absolute Gasteiger partial charge is 0.261 e. The first-order valence-corrected chi connectivity index (χ1v) is 11.8. The largest absolute Gasteiger partial charge is 0.269 e. The van der Waals surface area contributed by atoms with Gasteiger partial charge in [0.25, 0.3) is 5.56 Å². The summed E-state index contributed by atoms with van der Waals surface area (Å²) in [5, 5.41) is 9.43. The van der Waals surface area contributed by atoms with Gasteiger partial charge in [-0.1, -0.05) is 74.0 Å². The fourth-order valence-corrected chi connectivity index (χ4v) is 4.38. The zero-order chi connectivity index (χ0) is 24.1. The third kappa shape index (κ3) is 4.70. The standard InChI is InChI=1S/C30H29N3O/c1-4-5-13-28-27(30(34)33(22(3)32-28)29-14-9-6-10-21(29)2)19-23-15-17-24(18-16-23)26-12-8-7-11-25(26)20-31/h6-12,14-18H,4-5,13,19H2,1-3H3. The minimum Gasteiger partial charge on any atom is -0.269 e. The van der Waals surface area contributed by atoms with Crippen LogP contribution in [0.15, 0.2) is 77.6 Å². The molecule has 4 aromatic rings. The molecule has 0 amide bonds. The summed E-state index contributed by atoms with van der Waals surface area (Å²) in [4.78, 5) is 18.7. The Kier molecular flexibility index (Phi) is 7.04. The number of unbranched alkanes of at least 4 members (excludes halogenated alkanes) is 1. The van der Waals surface area contributed by atoms with Crippen molar-refractivity contribution in [1.82, 2.24) is 9.55 Å². The van der Waals surface area contributed by atoms with Gasteiger partial charge >= 0.3 is 0 Å². The summed E-state index contributed by atoms with van der Waals surface area (Å²) in [6, 6.07) is 25.9. The van der Waals surface area contributed by atoms with E-state index in [1.807, 2.05) is 86.6 Å². The lowest BCUT2D eigenvalue weighted by Gasteiger charge is -2.17. The summed E-state index contributed by atoms with van der Waals surface area (Å²) < 4.78 is 1.75. The Morgan fingerprint density at radius 1 is 0.941 bits per heavy atom. The van der Waals surface area contributed by atoms with Gasteiger partial charge in [0.1, 0.15) is 5.82 Å². The van der Waals surface area contributed by atoms with Gasteiger partial charge in [-0.05, 0) is 61.1 Å². The van der Waals surface area contributed by atoms with Gasteiger partial charge in [-0.2, -0.15) is 5.26 Å². The van der Waals surface area contributed by atoms with Crippen LogP contribution >= 0.6 is 0 Å². The molecule has 3 aromatic carbocycles. The average Bonchev–Trinajstić information content (AvgIpc) is 2.86. The normalized spacial score (nSPS) is 10.8. The summed E-state index contributed by atoms with van der Waals surface area (Å²) in [5.41, 5.74) is 7.19. The van der Waals surface area contributed by atoms with E-state index in [4.69, 9.17) is 4.98 Å². The number of hydrogen-bond acceptors (Lipinski definition) is 3. The first-order chi connectivity index (χ1) is 16.5. The van der Waals surface area contributed by atoms with E-state index in [-0.39, 0.29) is 5.56 Å². The molecule has 0 aliphatic carbocycles. The molecule has 0 aliphatic heterocycles. The van der Waals surface area contributed by atoms with Gasteiger partial charge < -0.3 is 0 Å². The number of nitrogens with zero attached hydrogens (tertiary/aromatic N) is 3. The molecule has 0 saturated carbocycles. The van der Waals surface area contributed by atoms with Gasteiger partial charge in [-0.3, -0.25) is 9.36 Å². The molecular formula is C30H29N3O. The van der Waals surface area contributed by atoms with E-state index in [1.165, 1.54) is 0 Å². The first-order valence-electron chi connectivity index (χ1n) is 11.8. The fourth-order valence-electron chi connectivity index (χ4n) is 4.38. The molecule has 0 saturated heterocycles. The second kappa shape index (κ2) is 10.3. The Morgan fingerprint density at radius 3 is 2.35 bits per heavy atom. The summed E-state index contributed by atoms with van der Waals surface area (Å²) in [5.74, 6) is 0.720. The number of rotatable bonds is 7. The van der Waals surface area contributed by atoms with E-state index in [0.29, 0.717) is 12.0 Å². The van der Waals surface area contributed by atoms with Crippen LogP contribution in [0.2, 0.25) is 0 Å². The molecule has 0 N–H and O–H groups in total. The number of hydrogen-bond donors (Lipinski definition) is 0. The molecule has 4 rings (SSSR count). The molecule has 4 heteroatoms. The maximum Gasteiger partial charge on any atom is 0.261 e. The Balaban J connectivity index is 1.76. The highest BCUT2D eigenvalue weighted by atomic mass is 16.1. The van der Waals surface area contributed by atoms with Crippen molar-refractivity contribution < 1.29 is 0 Å². The third-order valence-electron chi connectivity index (χ3n) is 6.25. The number of aryl methyl sites for hydroxylation is 3. The van der Waals surface area contributed by atoms with E-state index < -0.39 is 0 Å². The minimum absolute atomic E-state index is 0.00630. The van der Waals surface area contributed by atoms with Crippen LogP contribution in [0, 0.1) is 25.2 Å². The maximum absolute atomic E-state index is 13.8. The van der Waals surface area contributed by atoms with Crippen LogP contribution < -0.4 is 5.56 Å². The summed E-state index contributed by atoms with van der Waals surface area (Å²) in [7, 11) is 0. The Labute approximate surface area is 201 Å². The molecule has 0 fully saturated rings. The van der Waals surface area contributed by atoms with Crippen LogP contribution in [0.5, 0.6) is 0 Å². The predicted octanol–water partition coefficient (Wildman–Crippen LogP) is 6.32. The van der Waals surface area contributed by atoms with Crippen molar-refractivity contribution in [3.8, 4) is 22.9 Å². The minimum atomic E-state index is 0.00630. The topological polar surface area (TPSA) is 58.7 Å². The van der Waals surface area contributed by atoms with Crippen LogP contribution in [0.1, 0.15) is 53.5 Å². The highest BCUT2D eigenvalue weighted by Crippen LogP contribution is 2.24. The summed E-state index contributed by atoms with van der Waals surface area (Å²) in [6.07, 6.45) is 3.37. The molecule has 1 heterocycles. The molecule has 0 atom stereocenters. The number of para-hydroxylation sites is 1. The third-order valence-corrected chi connectivity index (χ3v) is 6.25. The lowest BCUT2D eigenvalue weighted by Crippen LogP contribution is -2.28. The predicted molar refractivity (Wildman–Crippen MR) is 137 cm³/mol. The molecule has 0 radical (unpaired) electrons. The molecule has 0 spiro atoms. The van der Waals surface area contributed by atoms with E-state index >= 15 is 0 Å². The van der Waals surface area contributed by atoms with Crippen molar-refractivity contribution in [2.45, 2.75) is 46.5 Å². The van der Waals surface area contributed by atoms with E-state index in [0.717, 1.165) is 64.3 Å². The van der Waals surface area contributed by atoms with Gasteiger partial charge in [0, 0.05) is 12.0 Å². The van der Waals surface area contributed by atoms with E-state index in [9.17, 15) is 10.1 Å². The molecule has 34 heavy (non-hydrogen) atoms. The van der Waals surface area contributed by atoms with Gasteiger partial charge in [-0.15, -0.1) is 0 Å². The van der Waals surface area contributed by atoms with Crippen LogP contribution in [-0.4, -0.2) is 9.55 Å². The molecule has 0 bridgehead atoms.